The lowest BCUT2D eigenvalue weighted by Gasteiger charge is -2.11. The van der Waals surface area contributed by atoms with Gasteiger partial charge < -0.3 is 10.4 Å². The third kappa shape index (κ3) is 3.78. The lowest BCUT2D eigenvalue weighted by molar-refractivity contribution is -0.115. The summed E-state index contributed by atoms with van der Waals surface area (Å²) in [5.74, 6) is 2.40. The van der Waals surface area contributed by atoms with Gasteiger partial charge in [0.2, 0.25) is 5.91 Å². The van der Waals surface area contributed by atoms with E-state index < -0.39 is 0 Å². The molecule has 0 unspecified atom stereocenters. The van der Waals surface area contributed by atoms with E-state index in [4.69, 9.17) is 0 Å². The highest BCUT2D eigenvalue weighted by Gasteiger charge is 2.18. The van der Waals surface area contributed by atoms with Crippen LogP contribution in [0.15, 0.2) is 48.5 Å². The Hall–Kier alpha value is -1.59. The minimum Gasteiger partial charge on any atom is -0.508 e. The molecule has 0 aromatic heterocycles. The summed E-state index contributed by atoms with van der Waals surface area (Å²) in [6, 6.07) is 14.9. The summed E-state index contributed by atoms with van der Waals surface area (Å²) in [6.07, 6.45) is 0.170. The van der Waals surface area contributed by atoms with E-state index in [1.807, 2.05) is 47.8 Å². The number of benzene rings is 2. The number of para-hydroxylation sites is 1. The molecule has 2 N–H and O–H groups in total. The molecule has 0 bridgehead atoms. The largest absolute Gasteiger partial charge is 0.508 e. The standard InChI is InChI=1S/C17H17NO2S2/c19-15-7-2-1-4-12(15)11-16(20)18-14-6-3-5-13(10-14)17-21-8-9-22-17/h1-7,10,17,19H,8-9,11H2,(H,18,20). The molecular formula is C17H17NO2S2. The van der Waals surface area contributed by atoms with Crippen molar-refractivity contribution >= 4 is 35.1 Å². The van der Waals surface area contributed by atoms with E-state index in [9.17, 15) is 9.90 Å². The zero-order valence-corrected chi connectivity index (χ0v) is 13.6. The number of rotatable bonds is 4. The van der Waals surface area contributed by atoms with Crippen LogP contribution < -0.4 is 5.32 Å². The second-order valence-corrected chi connectivity index (χ2v) is 7.78. The zero-order chi connectivity index (χ0) is 15.4. The first-order valence-corrected chi connectivity index (χ1v) is 9.22. The van der Waals surface area contributed by atoms with Gasteiger partial charge in [0, 0.05) is 22.8 Å². The Labute approximate surface area is 138 Å². The number of anilines is 1. The summed E-state index contributed by atoms with van der Waals surface area (Å²) in [7, 11) is 0. The molecule has 0 radical (unpaired) electrons. The number of hydrogen-bond donors (Lipinski definition) is 2. The fourth-order valence-corrected chi connectivity index (χ4v) is 5.19. The van der Waals surface area contributed by atoms with Crippen molar-refractivity contribution < 1.29 is 9.90 Å². The zero-order valence-electron chi connectivity index (χ0n) is 12.0. The first kappa shape index (κ1) is 15.3. The Bertz CT molecular complexity index is 669. The number of carbonyl (C=O) groups excluding carboxylic acids is 1. The van der Waals surface area contributed by atoms with Crippen LogP contribution in [0.2, 0.25) is 0 Å². The lowest BCUT2D eigenvalue weighted by atomic mass is 10.1. The Morgan fingerprint density at radius 2 is 1.91 bits per heavy atom. The third-order valence-electron chi connectivity index (χ3n) is 3.41. The Balaban J connectivity index is 1.66. The normalized spacial score (nSPS) is 14.9. The molecule has 1 saturated heterocycles. The average molecular weight is 331 g/mol. The van der Waals surface area contributed by atoms with Crippen molar-refractivity contribution in [3.63, 3.8) is 0 Å². The van der Waals surface area contributed by atoms with E-state index in [1.165, 1.54) is 17.1 Å². The molecule has 0 spiro atoms. The summed E-state index contributed by atoms with van der Waals surface area (Å²) in [5, 5.41) is 12.6. The summed E-state index contributed by atoms with van der Waals surface area (Å²) in [6.45, 7) is 0. The number of hydrogen-bond acceptors (Lipinski definition) is 4. The van der Waals surface area contributed by atoms with Crippen LogP contribution >= 0.6 is 23.5 Å². The van der Waals surface area contributed by atoms with Gasteiger partial charge in [-0.1, -0.05) is 30.3 Å². The van der Waals surface area contributed by atoms with Crippen molar-refractivity contribution in [2.75, 3.05) is 16.8 Å². The maximum atomic E-state index is 12.1. The summed E-state index contributed by atoms with van der Waals surface area (Å²) >= 11 is 3.89. The second kappa shape index (κ2) is 7.11. The fourth-order valence-electron chi connectivity index (χ4n) is 2.35. The quantitative estimate of drug-likeness (QED) is 0.887. The van der Waals surface area contributed by atoms with E-state index in [1.54, 1.807) is 18.2 Å². The van der Waals surface area contributed by atoms with Crippen molar-refractivity contribution in [3.05, 3.63) is 59.7 Å². The van der Waals surface area contributed by atoms with E-state index in [2.05, 4.69) is 11.4 Å². The van der Waals surface area contributed by atoms with Gasteiger partial charge in [-0.15, -0.1) is 23.5 Å². The van der Waals surface area contributed by atoms with Crippen molar-refractivity contribution in [2.45, 2.75) is 11.0 Å². The number of thioether (sulfide) groups is 2. The van der Waals surface area contributed by atoms with Gasteiger partial charge in [0.05, 0.1) is 11.0 Å². The molecule has 22 heavy (non-hydrogen) atoms. The van der Waals surface area contributed by atoms with Gasteiger partial charge in [-0.2, -0.15) is 0 Å². The molecule has 0 saturated carbocycles. The molecular weight excluding hydrogens is 314 g/mol. The summed E-state index contributed by atoms with van der Waals surface area (Å²) in [5.41, 5.74) is 2.69. The van der Waals surface area contributed by atoms with Gasteiger partial charge in [0.1, 0.15) is 5.75 Å². The maximum absolute atomic E-state index is 12.1. The number of nitrogens with one attached hydrogen (secondary N) is 1. The minimum atomic E-state index is -0.120. The van der Waals surface area contributed by atoms with Crippen LogP contribution in [0.4, 0.5) is 5.69 Å². The molecule has 1 fully saturated rings. The van der Waals surface area contributed by atoms with Gasteiger partial charge >= 0.3 is 0 Å². The molecule has 1 aliphatic heterocycles. The molecule has 1 amide bonds. The predicted octanol–water partition coefficient (Wildman–Crippen LogP) is 4.05. The highest BCUT2D eigenvalue weighted by molar-refractivity contribution is 8.19. The number of carbonyl (C=O) groups is 1. The molecule has 3 nitrogen and oxygen atoms in total. The molecule has 0 aliphatic carbocycles. The Morgan fingerprint density at radius 3 is 2.68 bits per heavy atom. The molecule has 2 aromatic rings. The molecule has 5 heteroatoms. The van der Waals surface area contributed by atoms with Gasteiger partial charge in [-0.25, -0.2) is 0 Å². The van der Waals surface area contributed by atoms with Crippen LogP contribution in [-0.2, 0) is 11.2 Å². The van der Waals surface area contributed by atoms with E-state index >= 15 is 0 Å². The van der Waals surface area contributed by atoms with Gasteiger partial charge in [-0.05, 0) is 23.8 Å². The van der Waals surface area contributed by atoms with E-state index in [-0.39, 0.29) is 18.1 Å². The number of amides is 1. The molecule has 0 atom stereocenters. The predicted molar refractivity (Wildman–Crippen MR) is 94.5 cm³/mol. The van der Waals surface area contributed by atoms with Crippen molar-refractivity contribution in [1.82, 2.24) is 0 Å². The topological polar surface area (TPSA) is 49.3 Å². The fraction of sp³-hybridized carbons (Fsp3) is 0.235. The first-order valence-electron chi connectivity index (χ1n) is 7.12. The smallest absolute Gasteiger partial charge is 0.228 e. The van der Waals surface area contributed by atoms with Gasteiger partial charge in [-0.3, -0.25) is 4.79 Å². The molecule has 2 aromatic carbocycles. The maximum Gasteiger partial charge on any atom is 0.228 e. The van der Waals surface area contributed by atoms with Crippen LogP contribution in [0.5, 0.6) is 5.75 Å². The molecule has 3 rings (SSSR count). The number of phenols is 1. The molecule has 1 aliphatic rings. The second-order valence-electron chi connectivity index (χ2n) is 5.05. The number of aromatic hydroxyl groups is 1. The van der Waals surface area contributed by atoms with E-state index in [0.717, 1.165) is 5.69 Å². The van der Waals surface area contributed by atoms with Crippen LogP contribution in [-0.4, -0.2) is 22.5 Å². The summed E-state index contributed by atoms with van der Waals surface area (Å²) < 4.78 is 0.468. The Morgan fingerprint density at radius 1 is 1.14 bits per heavy atom. The van der Waals surface area contributed by atoms with Crippen molar-refractivity contribution in [2.24, 2.45) is 0 Å². The monoisotopic (exact) mass is 331 g/mol. The average Bonchev–Trinajstić information content (AvgIpc) is 3.04. The number of phenolic OH excluding ortho intramolecular Hbond substituents is 1. The van der Waals surface area contributed by atoms with Crippen molar-refractivity contribution in [3.8, 4) is 5.75 Å². The van der Waals surface area contributed by atoms with Crippen molar-refractivity contribution in [1.29, 1.82) is 0 Å². The van der Waals surface area contributed by atoms with E-state index in [0.29, 0.717) is 10.1 Å². The van der Waals surface area contributed by atoms with Crippen LogP contribution in [0.3, 0.4) is 0 Å². The lowest BCUT2D eigenvalue weighted by Crippen LogP contribution is -2.14. The molecule has 114 valence electrons. The minimum absolute atomic E-state index is 0.120. The first-order chi connectivity index (χ1) is 10.7. The SMILES string of the molecule is O=C(Cc1ccccc1O)Nc1cccc(C2SCCS2)c1. The highest BCUT2D eigenvalue weighted by atomic mass is 32.2. The van der Waals surface area contributed by atoms with Crippen LogP contribution in [0.1, 0.15) is 15.7 Å². The highest BCUT2D eigenvalue weighted by Crippen LogP contribution is 2.45. The summed E-state index contributed by atoms with van der Waals surface area (Å²) in [4.78, 5) is 12.1. The van der Waals surface area contributed by atoms with Gasteiger partial charge in [0.25, 0.3) is 0 Å². The Kier molecular flexibility index (Phi) is 4.95. The van der Waals surface area contributed by atoms with Gasteiger partial charge in [0.15, 0.2) is 0 Å². The van der Waals surface area contributed by atoms with Crippen LogP contribution in [0.25, 0.3) is 0 Å². The molecule has 1 heterocycles. The van der Waals surface area contributed by atoms with Crippen LogP contribution in [0, 0.1) is 0 Å². The third-order valence-corrected chi connectivity index (χ3v) is 6.51.